The maximum absolute atomic E-state index is 13.0. The summed E-state index contributed by atoms with van der Waals surface area (Å²) in [7, 11) is 1.30. The van der Waals surface area contributed by atoms with E-state index in [-0.39, 0.29) is 19.1 Å². The van der Waals surface area contributed by atoms with Gasteiger partial charge in [0.25, 0.3) is 7.82 Å². The molecule has 0 rings (SSSR count). The minimum atomic E-state index is -4.59. The van der Waals surface area contributed by atoms with Gasteiger partial charge in [-0.3, -0.25) is 9.36 Å². The number of nitrogens with one attached hydrogen (secondary N) is 1. The minimum Gasteiger partial charge on any atom is -0.756 e. The lowest BCUT2D eigenvalue weighted by molar-refractivity contribution is -0.870. The predicted molar refractivity (Wildman–Crippen MR) is 348 cm³/mol. The van der Waals surface area contributed by atoms with Gasteiger partial charge in [0.15, 0.2) is 0 Å². The van der Waals surface area contributed by atoms with E-state index in [1.54, 1.807) is 0 Å². The predicted octanol–water partition coefficient (Wildman–Crippen LogP) is 20.7. The number of unbranched alkanes of at least 4 members (excludes halogenated alkanes) is 32. The summed E-state index contributed by atoms with van der Waals surface area (Å²) in [6.45, 7) is 4.63. The van der Waals surface area contributed by atoms with Gasteiger partial charge < -0.3 is 28.8 Å². The molecule has 0 radical (unpaired) electrons. The van der Waals surface area contributed by atoms with E-state index in [2.05, 4.69) is 116 Å². The van der Waals surface area contributed by atoms with Crippen LogP contribution in [0.5, 0.6) is 0 Å². The first-order valence-electron chi connectivity index (χ1n) is 33.6. The Bertz CT molecular complexity index is 1620. The third-order valence-electron chi connectivity index (χ3n) is 14.8. The first kappa shape index (κ1) is 77.4. The van der Waals surface area contributed by atoms with Crippen molar-refractivity contribution in [3.05, 3.63) is 97.2 Å². The van der Waals surface area contributed by atoms with E-state index >= 15 is 0 Å². The van der Waals surface area contributed by atoms with Gasteiger partial charge in [-0.25, -0.2) is 0 Å². The topological polar surface area (TPSA) is 108 Å². The molecule has 464 valence electrons. The highest BCUT2D eigenvalue weighted by Crippen LogP contribution is 2.38. The van der Waals surface area contributed by atoms with E-state index in [1.807, 2.05) is 21.1 Å². The van der Waals surface area contributed by atoms with E-state index < -0.39 is 20.0 Å². The van der Waals surface area contributed by atoms with Gasteiger partial charge >= 0.3 is 0 Å². The molecule has 9 heteroatoms. The van der Waals surface area contributed by atoms with Crippen molar-refractivity contribution in [2.45, 2.75) is 309 Å². The SMILES string of the molecule is CC/C=C\C/C=C\C/C=C\C/C=C\C/C=C\C/C=C\C/C=C\C/C=C\CCCCCCCCCCCCC(=O)NC(COP(=O)([O-])OCC[N+](C)(C)C)C(O)CCCCCCCCCCCCCCCCCCCCCCCCC. The van der Waals surface area contributed by atoms with Crippen molar-refractivity contribution in [1.29, 1.82) is 0 Å². The first-order chi connectivity index (χ1) is 39.0. The summed E-state index contributed by atoms with van der Waals surface area (Å²) < 4.78 is 23.5. The molecule has 0 bridgehead atoms. The Balaban J connectivity index is 4.11. The first-order valence-corrected chi connectivity index (χ1v) is 35.0. The van der Waals surface area contributed by atoms with Crippen LogP contribution < -0.4 is 10.2 Å². The Morgan fingerprint density at radius 2 is 0.762 bits per heavy atom. The van der Waals surface area contributed by atoms with Crippen molar-refractivity contribution < 1.29 is 32.9 Å². The number of quaternary nitrogens is 1. The smallest absolute Gasteiger partial charge is 0.268 e. The number of nitrogens with zero attached hydrogens (tertiary/aromatic N) is 1. The van der Waals surface area contributed by atoms with Crippen molar-refractivity contribution in [3.8, 4) is 0 Å². The van der Waals surface area contributed by atoms with Crippen LogP contribution in [0, 0.1) is 0 Å². The summed E-state index contributed by atoms with van der Waals surface area (Å²) in [5, 5.41) is 14.1. The molecule has 3 atom stereocenters. The molecule has 0 fully saturated rings. The van der Waals surface area contributed by atoms with Crippen LogP contribution in [0.2, 0.25) is 0 Å². The second-order valence-electron chi connectivity index (χ2n) is 23.8. The fraction of sp³-hybridized carbons (Fsp3) is 0.761. The molecule has 2 N–H and O–H groups in total. The highest BCUT2D eigenvalue weighted by molar-refractivity contribution is 7.45. The number of amides is 1. The normalized spacial score (nSPS) is 14.3. The summed E-state index contributed by atoms with van der Waals surface area (Å²) in [5.74, 6) is -0.170. The third kappa shape index (κ3) is 63.0. The summed E-state index contributed by atoms with van der Waals surface area (Å²) in [6.07, 6.45) is 87.5. The molecule has 1 amide bonds. The number of phosphoric acid groups is 1. The second-order valence-corrected chi connectivity index (χ2v) is 25.2. The number of aliphatic hydroxyl groups is 1. The fourth-order valence-corrected chi connectivity index (χ4v) is 10.4. The number of carbonyl (C=O) groups is 1. The van der Waals surface area contributed by atoms with Crippen molar-refractivity contribution >= 4 is 13.7 Å². The van der Waals surface area contributed by atoms with Crippen LogP contribution in [0.15, 0.2) is 97.2 Å². The Kier molecular flexibility index (Phi) is 59.0. The molecule has 0 aliphatic rings. The zero-order valence-electron chi connectivity index (χ0n) is 53.0. The van der Waals surface area contributed by atoms with Crippen LogP contribution in [0.4, 0.5) is 0 Å². The Labute approximate surface area is 496 Å². The molecular weight excluding hydrogens is 1010 g/mol. The quantitative estimate of drug-likeness (QED) is 0.0272. The number of allylic oxidation sites excluding steroid dienone is 16. The maximum Gasteiger partial charge on any atom is 0.268 e. The van der Waals surface area contributed by atoms with E-state index in [4.69, 9.17) is 9.05 Å². The van der Waals surface area contributed by atoms with Crippen molar-refractivity contribution in [1.82, 2.24) is 5.32 Å². The maximum atomic E-state index is 13.0. The number of carbonyl (C=O) groups excluding carboxylic acids is 1. The molecule has 0 heterocycles. The number of phosphoric ester groups is 1. The lowest BCUT2D eigenvalue weighted by Crippen LogP contribution is -2.46. The van der Waals surface area contributed by atoms with Crippen LogP contribution in [-0.2, 0) is 18.4 Å². The van der Waals surface area contributed by atoms with Gasteiger partial charge in [-0.05, 0) is 77.0 Å². The molecule has 0 aliphatic heterocycles. The van der Waals surface area contributed by atoms with Gasteiger partial charge in [-0.15, -0.1) is 0 Å². The fourth-order valence-electron chi connectivity index (χ4n) is 9.65. The van der Waals surface area contributed by atoms with Crippen molar-refractivity contribution in [2.24, 2.45) is 0 Å². The number of rotatable bonds is 61. The van der Waals surface area contributed by atoms with Crippen LogP contribution in [0.25, 0.3) is 0 Å². The van der Waals surface area contributed by atoms with Gasteiger partial charge in [-0.1, -0.05) is 310 Å². The summed E-state index contributed by atoms with van der Waals surface area (Å²) in [5.41, 5.74) is 0. The average molecular weight is 1140 g/mol. The zero-order chi connectivity index (χ0) is 58.4. The third-order valence-corrected chi connectivity index (χ3v) is 15.8. The number of hydrogen-bond acceptors (Lipinski definition) is 6. The molecule has 0 aliphatic carbocycles. The van der Waals surface area contributed by atoms with Gasteiger partial charge in [-0.2, -0.15) is 0 Å². The molecule has 0 aromatic rings. The average Bonchev–Trinajstić information content (AvgIpc) is 3.42. The van der Waals surface area contributed by atoms with Crippen LogP contribution >= 0.6 is 7.82 Å². The van der Waals surface area contributed by atoms with Crippen LogP contribution in [-0.4, -0.2) is 68.5 Å². The molecule has 0 aromatic carbocycles. The number of likely N-dealkylation sites (N-methyl/N-ethyl adjacent to an activating group) is 1. The highest BCUT2D eigenvalue weighted by atomic mass is 31.2. The molecule has 0 saturated carbocycles. The second kappa shape index (κ2) is 61.0. The minimum absolute atomic E-state index is 0.00791. The van der Waals surface area contributed by atoms with Crippen LogP contribution in [0.3, 0.4) is 0 Å². The summed E-state index contributed by atoms with van der Waals surface area (Å²) in [4.78, 5) is 25.6. The summed E-state index contributed by atoms with van der Waals surface area (Å²) in [6, 6.07) is -0.810. The summed E-state index contributed by atoms with van der Waals surface area (Å²) >= 11 is 0. The largest absolute Gasteiger partial charge is 0.756 e. The van der Waals surface area contributed by atoms with E-state index in [9.17, 15) is 19.4 Å². The zero-order valence-corrected chi connectivity index (χ0v) is 53.9. The van der Waals surface area contributed by atoms with Gasteiger partial charge in [0, 0.05) is 6.42 Å². The lowest BCUT2D eigenvalue weighted by Gasteiger charge is -2.30. The standard InChI is InChI=1S/C71H129N2O6P/c1-6-8-10-12-14-16-18-20-22-24-26-28-30-31-32-33-34-35-36-37-38-39-40-41-43-45-47-49-51-53-55-57-59-61-63-65-71(75)72-69(68-79-80(76,77)78-67-66-73(3,4)5)70(74)64-62-60-58-56-54-52-50-48-46-44-42-29-27-25-23-21-19-17-15-13-11-9-7-2/h8,10,14,16,20,22,26,28,31-32,34-35,37-38,40-41,69-70,74H,6-7,9,11-13,15,17-19,21,23-25,27,29-30,33,36,39,42-68H2,1-5H3,(H-,72,75,76,77)/b10-8-,16-14-,22-20-,28-26-,32-31-,35-34-,38-37-,41-40-. The molecule has 8 nitrogen and oxygen atoms in total. The molecule has 3 unspecified atom stereocenters. The Morgan fingerprint density at radius 1 is 0.450 bits per heavy atom. The lowest BCUT2D eigenvalue weighted by atomic mass is 10.0. The number of hydrogen-bond donors (Lipinski definition) is 2. The Hall–Kier alpha value is -2.58. The highest BCUT2D eigenvalue weighted by Gasteiger charge is 2.24. The van der Waals surface area contributed by atoms with Crippen LogP contribution in [0.1, 0.15) is 296 Å². The molecule has 0 saturated heterocycles. The van der Waals surface area contributed by atoms with E-state index in [1.165, 1.54) is 173 Å². The molecule has 0 aromatic heterocycles. The monoisotopic (exact) mass is 1140 g/mol. The Morgan fingerprint density at radius 3 is 1.11 bits per heavy atom. The number of aliphatic hydroxyl groups excluding tert-OH is 1. The van der Waals surface area contributed by atoms with Crippen molar-refractivity contribution in [2.75, 3.05) is 40.9 Å². The van der Waals surface area contributed by atoms with Gasteiger partial charge in [0.1, 0.15) is 13.2 Å². The van der Waals surface area contributed by atoms with Crippen molar-refractivity contribution in [3.63, 3.8) is 0 Å². The van der Waals surface area contributed by atoms with E-state index in [0.717, 1.165) is 96.3 Å². The molecule has 80 heavy (non-hydrogen) atoms. The van der Waals surface area contributed by atoms with E-state index in [0.29, 0.717) is 23.9 Å². The molecular formula is C71H129N2O6P. The molecule has 0 spiro atoms. The van der Waals surface area contributed by atoms with Gasteiger partial charge in [0.05, 0.1) is 39.9 Å². The van der Waals surface area contributed by atoms with Gasteiger partial charge in [0.2, 0.25) is 5.91 Å².